The second-order valence-electron chi connectivity index (χ2n) is 8.52. The topological polar surface area (TPSA) is 0 Å². The number of halogens is 1. The number of benzene rings is 1. The quantitative estimate of drug-likeness (QED) is 0.490. The molecule has 0 radical (unpaired) electrons. The minimum Gasteiger partial charge on any atom is -0.207 e. The molecule has 0 amide bonds. The van der Waals surface area contributed by atoms with E-state index in [1.807, 2.05) is 12.1 Å². The molecule has 1 aliphatic carbocycles. The Bertz CT molecular complexity index is 467. The summed E-state index contributed by atoms with van der Waals surface area (Å²) in [5, 5.41) is 0. The second kappa shape index (κ2) is 9.17. The lowest BCUT2D eigenvalue weighted by atomic mass is 9.76. The lowest BCUT2D eigenvalue weighted by Crippen LogP contribution is -2.22. The molecule has 0 bridgehead atoms. The van der Waals surface area contributed by atoms with Gasteiger partial charge in [0, 0.05) is 8.80 Å². The van der Waals surface area contributed by atoms with Crippen molar-refractivity contribution < 1.29 is 4.39 Å². The second-order valence-corrected chi connectivity index (χ2v) is 12.0. The minimum atomic E-state index is -0.297. The zero-order valence-electron chi connectivity index (χ0n) is 15.5. The predicted molar refractivity (Wildman–Crippen MR) is 105 cm³/mol. The van der Waals surface area contributed by atoms with Gasteiger partial charge in [-0.1, -0.05) is 69.3 Å². The van der Waals surface area contributed by atoms with Crippen LogP contribution in [0, 0.1) is 17.7 Å². The Morgan fingerprint density at radius 2 is 1.46 bits per heavy atom. The van der Waals surface area contributed by atoms with Gasteiger partial charge in [0.1, 0.15) is 5.82 Å². The Kier molecular flexibility index (Phi) is 6.94. The summed E-state index contributed by atoms with van der Waals surface area (Å²) in [5.74, 6) is 2.59. The fraction of sp³-hybridized carbons (Fsp3) is 0.727. The monoisotopic (exact) mass is 346 g/mol. The number of hydrogen-bond acceptors (Lipinski definition) is 0. The largest absolute Gasteiger partial charge is 0.207 e. The Balaban J connectivity index is 1.35. The highest BCUT2D eigenvalue weighted by Gasteiger charge is 2.25. The normalized spacial score (nSPS) is 31.1. The van der Waals surface area contributed by atoms with Gasteiger partial charge in [0.15, 0.2) is 0 Å². The van der Waals surface area contributed by atoms with E-state index >= 15 is 0 Å². The first kappa shape index (κ1) is 18.2. The molecule has 0 unspecified atom stereocenters. The van der Waals surface area contributed by atoms with Crippen LogP contribution in [0.2, 0.25) is 18.1 Å². The van der Waals surface area contributed by atoms with Crippen LogP contribution < -0.4 is 0 Å². The molecule has 2 aliphatic rings. The van der Waals surface area contributed by atoms with E-state index in [1.165, 1.54) is 50.5 Å². The third kappa shape index (κ3) is 5.18. The van der Waals surface area contributed by atoms with Gasteiger partial charge in [-0.05, 0) is 61.1 Å². The standard InChI is InChI=1S/C22H35FSi/c1-2-15-24-16-13-19(14-17-24)4-3-18-5-7-20(8-6-18)21-9-11-22(23)12-10-21/h9-12,18-20,24H,2-8,13-17H2,1H3/t18-,19-,20-,24-. The van der Waals surface area contributed by atoms with Crippen LogP contribution in [0.4, 0.5) is 4.39 Å². The first-order valence-electron chi connectivity index (χ1n) is 10.5. The Labute approximate surface area is 149 Å². The Morgan fingerprint density at radius 3 is 2.04 bits per heavy atom. The molecule has 0 atom stereocenters. The third-order valence-electron chi connectivity index (χ3n) is 6.83. The van der Waals surface area contributed by atoms with Crippen molar-refractivity contribution in [1.82, 2.24) is 0 Å². The van der Waals surface area contributed by atoms with E-state index in [4.69, 9.17) is 0 Å². The highest BCUT2D eigenvalue weighted by atomic mass is 28.3. The van der Waals surface area contributed by atoms with Crippen molar-refractivity contribution in [2.24, 2.45) is 11.8 Å². The molecule has 3 rings (SSSR count). The van der Waals surface area contributed by atoms with Crippen LogP contribution in [0.25, 0.3) is 0 Å². The number of hydrogen-bond donors (Lipinski definition) is 0. The SMILES string of the molecule is CCC[Si@H]1CC[C@H](CC[C@H]2CC[C@H](c3ccc(F)cc3)CC2)CC1. The first-order chi connectivity index (χ1) is 11.7. The van der Waals surface area contributed by atoms with E-state index in [0.29, 0.717) is 5.92 Å². The highest BCUT2D eigenvalue weighted by Crippen LogP contribution is 2.39. The molecule has 1 saturated carbocycles. The van der Waals surface area contributed by atoms with Gasteiger partial charge >= 0.3 is 0 Å². The fourth-order valence-corrected chi connectivity index (χ4v) is 8.78. The summed E-state index contributed by atoms with van der Waals surface area (Å²) in [4.78, 5) is 0. The van der Waals surface area contributed by atoms with E-state index in [1.54, 1.807) is 43.1 Å². The maximum atomic E-state index is 13.1. The van der Waals surface area contributed by atoms with Crippen molar-refractivity contribution in [2.75, 3.05) is 0 Å². The molecular formula is C22H35FSi. The Morgan fingerprint density at radius 1 is 0.875 bits per heavy atom. The van der Waals surface area contributed by atoms with Crippen LogP contribution in [-0.4, -0.2) is 8.80 Å². The average molecular weight is 347 g/mol. The molecule has 2 fully saturated rings. The molecule has 1 aromatic carbocycles. The maximum absolute atomic E-state index is 13.1. The molecule has 1 aromatic rings. The molecule has 0 nitrogen and oxygen atoms in total. The smallest absolute Gasteiger partial charge is 0.123 e. The van der Waals surface area contributed by atoms with Gasteiger partial charge in [0.25, 0.3) is 0 Å². The van der Waals surface area contributed by atoms with Gasteiger partial charge < -0.3 is 0 Å². The van der Waals surface area contributed by atoms with Crippen molar-refractivity contribution in [1.29, 1.82) is 0 Å². The van der Waals surface area contributed by atoms with Crippen LogP contribution in [-0.2, 0) is 0 Å². The van der Waals surface area contributed by atoms with Crippen LogP contribution >= 0.6 is 0 Å². The first-order valence-corrected chi connectivity index (χ1v) is 12.9. The van der Waals surface area contributed by atoms with Gasteiger partial charge in [-0.15, -0.1) is 0 Å². The van der Waals surface area contributed by atoms with Crippen molar-refractivity contribution in [2.45, 2.75) is 88.8 Å². The molecule has 1 heterocycles. The molecule has 0 N–H and O–H groups in total. The summed E-state index contributed by atoms with van der Waals surface area (Å²) in [6, 6.07) is 12.1. The minimum absolute atomic E-state index is 0.107. The van der Waals surface area contributed by atoms with Crippen LogP contribution in [0.15, 0.2) is 24.3 Å². The Hall–Kier alpha value is -0.633. The fourth-order valence-electron chi connectivity index (χ4n) is 5.21. The lowest BCUT2D eigenvalue weighted by Gasteiger charge is -2.31. The van der Waals surface area contributed by atoms with E-state index in [-0.39, 0.29) is 14.6 Å². The van der Waals surface area contributed by atoms with E-state index in [9.17, 15) is 4.39 Å². The van der Waals surface area contributed by atoms with Gasteiger partial charge in [-0.25, -0.2) is 4.39 Å². The molecule has 0 aromatic heterocycles. The molecule has 134 valence electrons. The summed E-state index contributed by atoms with van der Waals surface area (Å²) < 4.78 is 13.1. The maximum Gasteiger partial charge on any atom is 0.123 e. The van der Waals surface area contributed by atoms with E-state index < -0.39 is 0 Å². The van der Waals surface area contributed by atoms with Gasteiger partial charge in [0.2, 0.25) is 0 Å². The average Bonchev–Trinajstić information content (AvgIpc) is 2.63. The molecular weight excluding hydrogens is 311 g/mol. The zero-order valence-corrected chi connectivity index (χ0v) is 16.6. The zero-order chi connectivity index (χ0) is 16.8. The van der Waals surface area contributed by atoms with Gasteiger partial charge in [-0.2, -0.15) is 0 Å². The summed E-state index contributed by atoms with van der Waals surface area (Å²) >= 11 is 0. The number of rotatable bonds is 6. The summed E-state index contributed by atoms with van der Waals surface area (Å²) in [5.41, 5.74) is 1.36. The summed E-state index contributed by atoms with van der Waals surface area (Å²) in [7, 11) is -0.297. The molecule has 24 heavy (non-hydrogen) atoms. The van der Waals surface area contributed by atoms with E-state index in [2.05, 4.69) is 6.92 Å². The van der Waals surface area contributed by atoms with Crippen molar-refractivity contribution in [3.8, 4) is 0 Å². The summed E-state index contributed by atoms with van der Waals surface area (Å²) in [6.07, 6.45) is 12.9. The molecule has 2 heteroatoms. The van der Waals surface area contributed by atoms with Crippen molar-refractivity contribution in [3.63, 3.8) is 0 Å². The van der Waals surface area contributed by atoms with Gasteiger partial charge in [-0.3, -0.25) is 0 Å². The molecule has 1 saturated heterocycles. The lowest BCUT2D eigenvalue weighted by molar-refractivity contribution is 0.280. The highest BCUT2D eigenvalue weighted by molar-refractivity contribution is 6.58. The molecule has 1 aliphatic heterocycles. The molecule has 0 spiro atoms. The predicted octanol–water partition coefficient (Wildman–Crippen LogP) is 6.93. The van der Waals surface area contributed by atoms with Crippen LogP contribution in [0.3, 0.4) is 0 Å². The summed E-state index contributed by atoms with van der Waals surface area (Å²) in [6.45, 7) is 2.36. The third-order valence-corrected chi connectivity index (χ3v) is 10.5. The van der Waals surface area contributed by atoms with Crippen molar-refractivity contribution >= 4 is 8.80 Å². The van der Waals surface area contributed by atoms with Crippen molar-refractivity contribution in [3.05, 3.63) is 35.6 Å². The van der Waals surface area contributed by atoms with E-state index in [0.717, 1.165) is 11.8 Å². The van der Waals surface area contributed by atoms with Crippen LogP contribution in [0.1, 0.15) is 76.2 Å². The van der Waals surface area contributed by atoms with Crippen LogP contribution in [0.5, 0.6) is 0 Å². The van der Waals surface area contributed by atoms with Gasteiger partial charge in [0.05, 0.1) is 0 Å².